The summed E-state index contributed by atoms with van der Waals surface area (Å²) in [6.07, 6.45) is 2.97. The van der Waals surface area contributed by atoms with E-state index in [-0.39, 0.29) is 5.56 Å². The van der Waals surface area contributed by atoms with E-state index in [2.05, 4.69) is 5.10 Å². The van der Waals surface area contributed by atoms with Crippen LogP contribution in [-0.4, -0.2) is 20.9 Å². The summed E-state index contributed by atoms with van der Waals surface area (Å²) in [7, 11) is 1.72. The van der Waals surface area contributed by atoms with Gasteiger partial charge in [-0.2, -0.15) is 5.10 Å². The number of nitrogens with zero attached hydrogens (tertiary/aromatic N) is 2. The highest BCUT2D eigenvalue weighted by Crippen LogP contribution is 2.27. The number of carboxylic acid groups (broad SMARTS) is 1. The zero-order valence-electron chi connectivity index (χ0n) is 9.62. The Morgan fingerprint density at radius 2 is 2.22 bits per heavy atom. The van der Waals surface area contributed by atoms with E-state index in [4.69, 9.17) is 9.52 Å². The second kappa shape index (κ2) is 3.73. The van der Waals surface area contributed by atoms with Gasteiger partial charge in [0.15, 0.2) is 0 Å². The summed E-state index contributed by atoms with van der Waals surface area (Å²) in [6.45, 7) is 0. The lowest BCUT2D eigenvalue weighted by Gasteiger charge is -2.04. The topological polar surface area (TPSA) is 68.3 Å². The number of rotatable bonds is 2. The Morgan fingerprint density at radius 1 is 1.39 bits per heavy atom. The summed E-state index contributed by atoms with van der Waals surface area (Å²) < 4.78 is 6.82. The zero-order valence-corrected chi connectivity index (χ0v) is 9.62. The fourth-order valence-corrected chi connectivity index (χ4v) is 2.05. The first-order chi connectivity index (χ1) is 8.66. The quantitative estimate of drug-likeness (QED) is 0.749. The molecule has 1 N–H and O–H groups in total. The van der Waals surface area contributed by atoms with Crippen LogP contribution >= 0.6 is 0 Å². The molecule has 2 heterocycles. The molecule has 18 heavy (non-hydrogen) atoms. The lowest BCUT2D eigenvalue weighted by Crippen LogP contribution is -2.00. The first-order valence-electron chi connectivity index (χ1n) is 5.40. The van der Waals surface area contributed by atoms with Crippen molar-refractivity contribution >= 4 is 16.9 Å². The Hall–Kier alpha value is -2.56. The van der Waals surface area contributed by atoms with Crippen LogP contribution in [0.3, 0.4) is 0 Å². The molecule has 3 aromatic rings. The first-order valence-corrected chi connectivity index (χ1v) is 5.40. The third-order valence-corrected chi connectivity index (χ3v) is 2.90. The second-order valence-corrected chi connectivity index (χ2v) is 4.01. The van der Waals surface area contributed by atoms with Gasteiger partial charge in [0.1, 0.15) is 11.1 Å². The number of carbonyl (C=O) groups is 1. The van der Waals surface area contributed by atoms with E-state index in [0.29, 0.717) is 5.69 Å². The molecule has 5 nitrogen and oxygen atoms in total. The molecule has 0 aliphatic heterocycles. The molecule has 0 radical (unpaired) electrons. The summed E-state index contributed by atoms with van der Waals surface area (Å²) in [5.41, 5.74) is 2.37. The van der Waals surface area contributed by atoms with Crippen LogP contribution in [0, 0.1) is 0 Å². The zero-order chi connectivity index (χ0) is 12.7. The maximum atomic E-state index is 11.2. The molecule has 2 aromatic heterocycles. The van der Waals surface area contributed by atoms with Crippen LogP contribution in [0.25, 0.3) is 22.2 Å². The standard InChI is InChI=1S/C13H10N2O3/c1-15-12(10(7-14-15)13(16)17)9-2-3-11-8(6-9)4-5-18-11/h2-7H,1H3,(H,16,17). The Morgan fingerprint density at radius 3 is 3.00 bits per heavy atom. The van der Waals surface area contributed by atoms with Crippen LogP contribution in [0.4, 0.5) is 0 Å². The molecule has 0 saturated carbocycles. The van der Waals surface area contributed by atoms with Crippen LogP contribution in [0.5, 0.6) is 0 Å². The van der Waals surface area contributed by atoms with Gasteiger partial charge in [0.05, 0.1) is 18.2 Å². The minimum atomic E-state index is -0.981. The van der Waals surface area contributed by atoms with E-state index >= 15 is 0 Å². The molecule has 90 valence electrons. The molecule has 0 amide bonds. The number of benzene rings is 1. The highest BCUT2D eigenvalue weighted by atomic mass is 16.4. The van der Waals surface area contributed by atoms with Gasteiger partial charge in [-0.3, -0.25) is 4.68 Å². The highest BCUT2D eigenvalue weighted by molar-refractivity contribution is 5.96. The number of furan rings is 1. The number of carboxylic acids is 1. The summed E-state index contributed by atoms with van der Waals surface area (Å²) in [6, 6.07) is 7.39. The number of hydrogen-bond acceptors (Lipinski definition) is 3. The molecule has 0 fully saturated rings. The minimum absolute atomic E-state index is 0.195. The number of aromatic nitrogens is 2. The monoisotopic (exact) mass is 242 g/mol. The van der Waals surface area contributed by atoms with Crippen LogP contribution in [0.1, 0.15) is 10.4 Å². The Kier molecular flexibility index (Phi) is 2.19. The molecular formula is C13H10N2O3. The number of hydrogen-bond donors (Lipinski definition) is 1. The molecule has 0 atom stereocenters. The summed E-state index contributed by atoms with van der Waals surface area (Å²) in [4.78, 5) is 11.2. The van der Waals surface area contributed by atoms with E-state index in [9.17, 15) is 4.79 Å². The average Bonchev–Trinajstić information content (AvgIpc) is 2.93. The van der Waals surface area contributed by atoms with Crippen molar-refractivity contribution in [3.63, 3.8) is 0 Å². The Balaban J connectivity index is 2.24. The summed E-state index contributed by atoms with van der Waals surface area (Å²) >= 11 is 0. The number of fused-ring (bicyclic) bond motifs is 1. The van der Waals surface area contributed by atoms with Gasteiger partial charge >= 0.3 is 5.97 Å². The second-order valence-electron chi connectivity index (χ2n) is 4.01. The lowest BCUT2D eigenvalue weighted by atomic mass is 10.1. The highest BCUT2D eigenvalue weighted by Gasteiger charge is 2.17. The summed E-state index contributed by atoms with van der Waals surface area (Å²) in [5, 5.41) is 14.1. The van der Waals surface area contributed by atoms with Crippen LogP contribution in [0.2, 0.25) is 0 Å². The molecule has 0 spiro atoms. The van der Waals surface area contributed by atoms with Crippen molar-refractivity contribution in [3.05, 3.63) is 42.3 Å². The van der Waals surface area contributed by atoms with E-state index in [1.807, 2.05) is 24.3 Å². The van der Waals surface area contributed by atoms with Gasteiger partial charge in [0, 0.05) is 18.0 Å². The van der Waals surface area contributed by atoms with E-state index in [1.165, 1.54) is 6.20 Å². The van der Waals surface area contributed by atoms with Crippen molar-refractivity contribution in [2.75, 3.05) is 0 Å². The Labute approximate surface area is 102 Å². The SMILES string of the molecule is Cn1ncc(C(=O)O)c1-c1ccc2occc2c1. The third kappa shape index (κ3) is 1.48. The Bertz CT molecular complexity index is 740. The lowest BCUT2D eigenvalue weighted by molar-refractivity contribution is 0.0697. The molecule has 0 aliphatic carbocycles. The van der Waals surface area contributed by atoms with Crippen molar-refractivity contribution in [2.24, 2.45) is 7.05 Å². The number of aromatic carboxylic acids is 1. The van der Waals surface area contributed by atoms with Gasteiger partial charge in [-0.25, -0.2) is 4.79 Å². The first kappa shape index (κ1) is 10.6. The molecular weight excluding hydrogens is 232 g/mol. The van der Waals surface area contributed by atoms with Gasteiger partial charge in [0.2, 0.25) is 0 Å². The molecule has 1 aromatic carbocycles. The predicted molar refractivity (Wildman–Crippen MR) is 65.4 cm³/mol. The maximum Gasteiger partial charge on any atom is 0.339 e. The minimum Gasteiger partial charge on any atom is -0.478 e. The average molecular weight is 242 g/mol. The number of aryl methyl sites for hydroxylation is 1. The van der Waals surface area contributed by atoms with E-state index in [1.54, 1.807) is 18.0 Å². The smallest absolute Gasteiger partial charge is 0.339 e. The van der Waals surface area contributed by atoms with E-state index < -0.39 is 5.97 Å². The van der Waals surface area contributed by atoms with Crippen molar-refractivity contribution in [1.29, 1.82) is 0 Å². The summed E-state index contributed by atoms with van der Waals surface area (Å²) in [5.74, 6) is -0.981. The molecule has 0 saturated heterocycles. The predicted octanol–water partition coefficient (Wildman–Crippen LogP) is 2.53. The van der Waals surface area contributed by atoms with Crippen molar-refractivity contribution in [1.82, 2.24) is 9.78 Å². The van der Waals surface area contributed by atoms with Crippen molar-refractivity contribution in [3.8, 4) is 11.3 Å². The van der Waals surface area contributed by atoms with Crippen LogP contribution in [0.15, 0.2) is 41.1 Å². The van der Waals surface area contributed by atoms with Gasteiger partial charge in [-0.05, 0) is 24.3 Å². The molecule has 0 bridgehead atoms. The fourth-order valence-electron chi connectivity index (χ4n) is 2.05. The van der Waals surface area contributed by atoms with Crippen molar-refractivity contribution < 1.29 is 14.3 Å². The molecule has 0 unspecified atom stereocenters. The maximum absolute atomic E-state index is 11.2. The molecule has 0 aliphatic rings. The van der Waals surface area contributed by atoms with Crippen LogP contribution in [-0.2, 0) is 7.05 Å². The van der Waals surface area contributed by atoms with Gasteiger partial charge in [-0.15, -0.1) is 0 Å². The third-order valence-electron chi connectivity index (χ3n) is 2.90. The normalized spacial score (nSPS) is 10.9. The van der Waals surface area contributed by atoms with Crippen molar-refractivity contribution in [2.45, 2.75) is 0 Å². The van der Waals surface area contributed by atoms with Gasteiger partial charge in [-0.1, -0.05) is 0 Å². The van der Waals surface area contributed by atoms with Gasteiger partial charge < -0.3 is 9.52 Å². The molecule has 5 heteroatoms. The van der Waals surface area contributed by atoms with Crippen LogP contribution < -0.4 is 0 Å². The molecule has 3 rings (SSSR count). The fraction of sp³-hybridized carbons (Fsp3) is 0.0769. The van der Waals surface area contributed by atoms with E-state index in [0.717, 1.165) is 16.5 Å². The van der Waals surface area contributed by atoms with Gasteiger partial charge in [0.25, 0.3) is 0 Å². The largest absolute Gasteiger partial charge is 0.478 e.